The molecule has 1 aromatic heterocycles. The Morgan fingerprint density at radius 2 is 1.72 bits per heavy atom. The van der Waals surface area contributed by atoms with Gasteiger partial charge in [0.05, 0.1) is 5.02 Å². The number of hydrogen-bond acceptors (Lipinski definition) is 5. The molecule has 1 aliphatic heterocycles. The van der Waals surface area contributed by atoms with E-state index in [1.165, 1.54) is 0 Å². The average Bonchev–Trinajstić information content (AvgIpc) is 3.24. The number of aryl methyl sites for hydroxylation is 2. The third-order valence-corrected chi connectivity index (χ3v) is 6.15. The summed E-state index contributed by atoms with van der Waals surface area (Å²) in [5, 5.41) is 1.45. The van der Waals surface area contributed by atoms with Gasteiger partial charge in [0.1, 0.15) is 17.9 Å². The Bertz CT molecular complexity index is 1380. The van der Waals surface area contributed by atoms with Crippen molar-refractivity contribution in [3.05, 3.63) is 97.9 Å². The number of rotatable bonds is 5. The largest absolute Gasteiger partial charge is 0.488 e. The van der Waals surface area contributed by atoms with Crippen molar-refractivity contribution in [3.63, 3.8) is 0 Å². The van der Waals surface area contributed by atoms with Crippen molar-refractivity contribution in [3.8, 4) is 17.2 Å². The molecule has 1 aliphatic rings. The topological polar surface area (TPSA) is 57.9 Å². The van der Waals surface area contributed by atoms with E-state index in [4.69, 9.17) is 30.2 Å². The molecule has 5 nitrogen and oxygen atoms in total. The normalized spacial score (nSPS) is 12.3. The van der Waals surface area contributed by atoms with E-state index in [-0.39, 0.29) is 19.0 Å². The SMILES string of the molecule is Cc1c(Cc2ccccc2)c(=O)oc2c(C)c(OCc3cc4c(cc3Cl)OCO4)ccc12. The fraction of sp³-hybridized carbons (Fsp3) is 0.192. The van der Waals surface area contributed by atoms with Crippen LogP contribution in [0.4, 0.5) is 0 Å². The van der Waals surface area contributed by atoms with Crippen LogP contribution in [0.2, 0.25) is 5.02 Å². The van der Waals surface area contributed by atoms with Gasteiger partial charge in [-0.1, -0.05) is 41.9 Å². The Balaban J connectivity index is 1.45. The third-order valence-electron chi connectivity index (χ3n) is 5.80. The zero-order valence-electron chi connectivity index (χ0n) is 17.7. The molecule has 0 aliphatic carbocycles. The summed E-state index contributed by atoms with van der Waals surface area (Å²) < 4.78 is 22.6. The third kappa shape index (κ3) is 3.69. The van der Waals surface area contributed by atoms with Crippen molar-refractivity contribution in [1.29, 1.82) is 0 Å². The van der Waals surface area contributed by atoms with Crippen LogP contribution in [0.3, 0.4) is 0 Å². The molecule has 0 spiro atoms. The van der Waals surface area contributed by atoms with Gasteiger partial charge in [-0.2, -0.15) is 0 Å². The quantitative estimate of drug-likeness (QED) is 0.352. The minimum Gasteiger partial charge on any atom is -0.488 e. The standard InChI is InChI=1S/C26H21ClO5/c1-15-19-8-9-22(29-13-18-11-23-24(12-21(18)27)31-14-30-23)16(2)25(19)32-26(28)20(15)10-17-6-4-3-5-7-17/h3-9,11-12H,10,13-14H2,1-2H3. The van der Waals surface area contributed by atoms with E-state index in [1.807, 2.05) is 62.4 Å². The van der Waals surface area contributed by atoms with Crippen LogP contribution in [0.15, 0.2) is 63.8 Å². The lowest BCUT2D eigenvalue weighted by atomic mass is 9.98. The summed E-state index contributed by atoms with van der Waals surface area (Å²) in [6.45, 7) is 4.28. The second-order valence-corrected chi connectivity index (χ2v) is 8.21. The number of benzene rings is 3. The average molecular weight is 449 g/mol. The first-order valence-corrected chi connectivity index (χ1v) is 10.7. The summed E-state index contributed by atoms with van der Waals surface area (Å²) in [6.07, 6.45) is 0.533. The molecule has 0 saturated heterocycles. The van der Waals surface area contributed by atoms with E-state index in [2.05, 4.69) is 0 Å². The zero-order valence-corrected chi connectivity index (χ0v) is 18.5. The van der Waals surface area contributed by atoms with E-state index in [0.29, 0.717) is 39.8 Å². The zero-order chi connectivity index (χ0) is 22.2. The van der Waals surface area contributed by atoms with E-state index in [1.54, 1.807) is 6.07 Å². The van der Waals surface area contributed by atoms with Crippen molar-refractivity contribution in [1.82, 2.24) is 0 Å². The molecule has 0 amide bonds. The van der Waals surface area contributed by atoms with E-state index >= 15 is 0 Å². The molecule has 0 radical (unpaired) electrons. The molecule has 0 unspecified atom stereocenters. The highest BCUT2D eigenvalue weighted by molar-refractivity contribution is 6.31. The van der Waals surface area contributed by atoms with Crippen molar-refractivity contribution >= 4 is 22.6 Å². The fourth-order valence-electron chi connectivity index (χ4n) is 3.96. The molecule has 0 N–H and O–H groups in total. The summed E-state index contributed by atoms with van der Waals surface area (Å²) in [5.74, 6) is 1.91. The molecule has 6 heteroatoms. The summed E-state index contributed by atoms with van der Waals surface area (Å²) in [4.78, 5) is 12.8. The predicted octanol–water partition coefficient (Wildman–Crippen LogP) is 5.96. The molecule has 0 fully saturated rings. The van der Waals surface area contributed by atoms with Gasteiger partial charge in [-0.15, -0.1) is 0 Å². The van der Waals surface area contributed by atoms with Gasteiger partial charge >= 0.3 is 5.63 Å². The maximum atomic E-state index is 12.8. The van der Waals surface area contributed by atoms with E-state index in [0.717, 1.165) is 27.6 Å². The number of halogens is 1. The molecule has 3 aromatic carbocycles. The molecule has 162 valence electrons. The van der Waals surface area contributed by atoms with E-state index < -0.39 is 0 Å². The van der Waals surface area contributed by atoms with Crippen LogP contribution in [0.1, 0.15) is 27.8 Å². The Morgan fingerprint density at radius 3 is 2.50 bits per heavy atom. The molecule has 2 heterocycles. The van der Waals surface area contributed by atoms with Crippen LogP contribution in [-0.4, -0.2) is 6.79 Å². The van der Waals surface area contributed by atoms with Gasteiger partial charge in [0, 0.05) is 34.6 Å². The van der Waals surface area contributed by atoms with Gasteiger partial charge in [-0.3, -0.25) is 0 Å². The lowest BCUT2D eigenvalue weighted by Gasteiger charge is -2.14. The highest BCUT2D eigenvalue weighted by Crippen LogP contribution is 2.37. The van der Waals surface area contributed by atoms with Crippen LogP contribution in [0.25, 0.3) is 11.0 Å². The van der Waals surface area contributed by atoms with Crippen molar-refractivity contribution in [2.45, 2.75) is 26.9 Å². The van der Waals surface area contributed by atoms with Gasteiger partial charge in [-0.25, -0.2) is 4.79 Å². The van der Waals surface area contributed by atoms with Crippen molar-refractivity contribution in [2.75, 3.05) is 6.79 Å². The Hall–Kier alpha value is -3.44. The Morgan fingerprint density at radius 1 is 0.969 bits per heavy atom. The smallest absolute Gasteiger partial charge is 0.340 e. The number of hydrogen-bond donors (Lipinski definition) is 0. The first kappa shape index (κ1) is 20.5. The molecule has 5 rings (SSSR count). The van der Waals surface area contributed by atoms with Gasteiger partial charge in [-0.05, 0) is 43.2 Å². The summed E-state index contributed by atoms with van der Waals surface area (Å²) in [7, 11) is 0. The maximum absolute atomic E-state index is 12.8. The van der Waals surface area contributed by atoms with Crippen LogP contribution in [-0.2, 0) is 13.0 Å². The van der Waals surface area contributed by atoms with Crippen LogP contribution >= 0.6 is 11.6 Å². The highest BCUT2D eigenvalue weighted by Gasteiger charge is 2.18. The molecular weight excluding hydrogens is 428 g/mol. The monoisotopic (exact) mass is 448 g/mol. The minimum atomic E-state index is -0.321. The molecule has 0 saturated carbocycles. The maximum Gasteiger partial charge on any atom is 0.340 e. The summed E-state index contributed by atoms with van der Waals surface area (Å²) >= 11 is 6.36. The lowest BCUT2D eigenvalue weighted by molar-refractivity contribution is 0.174. The summed E-state index contributed by atoms with van der Waals surface area (Å²) in [5.41, 5.74) is 4.44. The van der Waals surface area contributed by atoms with Crippen LogP contribution in [0.5, 0.6) is 17.2 Å². The Labute approximate surface area is 190 Å². The van der Waals surface area contributed by atoms with E-state index in [9.17, 15) is 4.79 Å². The van der Waals surface area contributed by atoms with Gasteiger partial charge in [0.15, 0.2) is 11.5 Å². The molecule has 32 heavy (non-hydrogen) atoms. The highest BCUT2D eigenvalue weighted by atomic mass is 35.5. The molecule has 0 atom stereocenters. The second-order valence-electron chi connectivity index (χ2n) is 7.81. The molecular formula is C26H21ClO5. The van der Waals surface area contributed by atoms with Crippen molar-refractivity contribution in [2.24, 2.45) is 0 Å². The molecule has 0 bridgehead atoms. The first-order valence-electron chi connectivity index (χ1n) is 10.3. The minimum absolute atomic E-state index is 0.185. The van der Waals surface area contributed by atoms with Gasteiger partial charge in [0.2, 0.25) is 6.79 Å². The van der Waals surface area contributed by atoms with Crippen LogP contribution in [0, 0.1) is 13.8 Å². The summed E-state index contributed by atoms with van der Waals surface area (Å²) in [6, 6.07) is 17.3. The van der Waals surface area contributed by atoms with Crippen molar-refractivity contribution < 1.29 is 18.6 Å². The predicted molar refractivity (Wildman–Crippen MR) is 123 cm³/mol. The van der Waals surface area contributed by atoms with Gasteiger partial charge in [0.25, 0.3) is 0 Å². The fourth-order valence-corrected chi connectivity index (χ4v) is 4.17. The number of ether oxygens (including phenoxy) is 3. The van der Waals surface area contributed by atoms with Gasteiger partial charge < -0.3 is 18.6 Å². The Kier molecular flexibility index (Phi) is 5.27. The number of fused-ring (bicyclic) bond motifs is 2. The van der Waals surface area contributed by atoms with Crippen LogP contribution < -0.4 is 19.8 Å². The first-order chi connectivity index (χ1) is 15.5. The lowest BCUT2D eigenvalue weighted by Crippen LogP contribution is -2.11. The second kappa shape index (κ2) is 8.24. The molecule has 4 aromatic rings.